The highest BCUT2D eigenvalue weighted by Gasteiger charge is 2.26. The highest BCUT2D eigenvalue weighted by atomic mass is 35.5. The van der Waals surface area contributed by atoms with Gasteiger partial charge in [0.05, 0.1) is 32.9 Å². The first-order valence-corrected chi connectivity index (χ1v) is 16.2. The Kier molecular flexibility index (Phi) is 10.3. The second-order valence-electron chi connectivity index (χ2n) is 14.2. The summed E-state index contributed by atoms with van der Waals surface area (Å²) in [6, 6.07) is 7.58. The molecular formula is C34H47Cl2N5O3. The monoisotopic (exact) mass is 643 g/mol. The number of likely N-dealkylation sites (N-methyl/N-ethyl adjacent to an activating group) is 1. The van der Waals surface area contributed by atoms with E-state index in [0.29, 0.717) is 40.0 Å². The van der Waals surface area contributed by atoms with Gasteiger partial charge in [0.2, 0.25) is 5.91 Å². The molecular weight excluding hydrogens is 597 g/mol. The summed E-state index contributed by atoms with van der Waals surface area (Å²) in [5.41, 5.74) is 2.81. The number of nitrogens with zero attached hydrogens (tertiary/aromatic N) is 3. The summed E-state index contributed by atoms with van der Waals surface area (Å²) in [5.74, 6) is 1.22. The standard InChI is InChI=1S/C34H47Cl2N5O3/c1-20-9-12-22(13-10-20)38-31(42)24-15-26-28(17-27(24)40(7)19-34(5,6)44)41(8)29(39-26)16-23-25(35)14-11-21(30(23)36)18-37-32(43)33(2,3)4/h11,14-15,17,20,22,44H,9-10,12-13,16,18-19H2,1-8H3,(H,37,43)(H,38,42). The molecule has 3 aromatic rings. The third kappa shape index (κ3) is 8.06. The minimum atomic E-state index is -0.959. The number of anilines is 1. The maximum atomic E-state index is 13.7. The molecule has 0 saturated heterocycles. The Labute approximate surface area is 271 Å². The molecule has 2 amide bonds. The van der Waals surface area contributed by atoms with Crippen LogP contribution in [0.3, 0.4) is 0 Å². The van der Waals surface area contributed by atoms with Gasteiger partial charge in [0.1, 0.15) is 5.82 Å². The van der Waals surface area contributed by atoms with Gasteiger partial charge in [-0.3, -0.25) is 9.59 Å². The summed E-state index contributed by atoms with van der Waals surface area (Å²) in [6.45, 7) is 12.0. The van der Waals surface area contributed by atoms with E-state index in [1.807, 2.05) is 62.5 Å². The first-order valence-electron chi connectivity index (χ1n) is 15.4. The molecule has 3 N–H and O–H groups in total. The molecule has 1 heterocycles. The highest BCUT2D eigenvalue weighted by Crippen LogP contribution is 2.33. The van der Waals surface area contributed by atoms with Gasteiger partial charge < -0.3 is 25.2 Å². The van der Waals surface area contributed by atoms with Crippen LogP contribution in [0, 0.1) is 11.3 Å². The number of hydrogen-bond donors (Lipinski definition) is 3. The van der Waals surface area contributed by atoms with Crippen LogP contribution in [0.5, 0.6) is 0 Å². The second kappa shape index (κ2) is 13.3. The molecule has 1 aliphatic carbocycles. The van der Waals surface area contributed by atoms with Gasteiger partial charge in [-0.2, -0.15) is 0 Å². The van der Waals surface area contributed by atoms with Gasteiger partial charge in [-0.1, -0.05) is 57.0 Å². The molecule has 240 valence electrons. The Hall–Kier alpha value is -2.81. The van der Waals surface area contributed by atoms with E-state index in [-0.39, 0.29) is 24.4 Å². The first kappa shape index (κ1) is 34.1. The van der Waals surface area contributed by atoms with Crippen molar-refractivity contribution in [2.45, 2.75) is 91.8 Å². The summed E-state index contributed by atoms with van der Waals surface area (Å²) >= 11 is 13.5. The Morgan fingerprint density at radius 2 is 1.75 bits per heavy atom. The SMILES string of the molecule is CC1CCC(NC(=O)c2cc3nc(Cc4c(Cl)ccc(CNC(=O)C(C)(C)C)c4Cl)n(C)c3cc2N(C)CC(C)(C)O)CC1. The number of imidazole rings is 1. The predicted molar refractivity (Wildman–Crippen MR) is 180 cm³/mol. The van der Waals surface area contributed by atoms with Crippen LogP contribution < -0.4 is 15.5 Å². The number of aryl methyl sites for hydroxylation is 1. The number of rotatable bonds is 9. The minimum absolute atomic E-state index is 0.0661. The molecule has 10 heteroatoms. The average molecular weight is 645 g/mol. The lowest BCUT2D eigenvalue weighted by Crippen LogP contribution is -2.40. The van der Waals surface area contributed by atoms with Crippen LogP contribution in [-0.2, 0) is 24.8 Å². The smallest absolute Gasteiger partial charge is 0.253 e. The normalized spacial score (nSPS) is 17.5. The van der Waals surface area contributed by atoms with E-state index >= 15 is 0 Å². The number of aromatic nitrogens is 2. The first-order chi connectivity index (χ1) is 20.4. The number of halogens is 2. The van der Waals surface area contributed by atoms with Crippen molar-refractivity contribution >= 4 is 51.7 Å². The lowest BCUT2D eigenvalue weighted by molar-refractivity contribution is -0.128. The third-order valence-corrected chi connectivity index (χ3v) is 9.27. The minimum Gasteiger partial charge on any atom is -0.389 e. The van der Waals surface area contributed by atoms with Crippen molar-refractivity contribution in [3.8, 4) is 0 Å². The van der Waals surface area contributed by atoms with Gasteiger partial charge in [0, 0.05) is 50.1 Å². The van der Waals surface area contributed by atoms with Crippen molar-refractivity contribution in [2.75, 3.05) is 18.5 Å². The maximum Gasteiger partial charge on any atom is 0.253 e. The van der Waals surface area contributed by atoms with Crippen molar-refractivity contribution in [3.63, 3.8) is 0 Å². The maximum absolute atomic E-state index is 13.7. The van der Waals surface area contributed by atoms with Crippen molar-refractivity contribution in [1.82, 2.24) is 20.2 Å². The molecule has 1 aliphatic rings. The number of aliphatic hydroxyl groups is 1. The van der Waals surface area contributed by atoms with Crippen LogP contribution in [0.25, 0.3) is 11.0 Å². The van der Waals surface area contributed by atoms with Gasteiger partial charge in [-0.15, -0.1) is 0 Å². The van der Waals surface area contributed by atoms with Crippen molar-refractivity contribution in [3.05, 3.63) is 56.8 Å². The molecule has 0 unspecified atom stereocenters. The number of hydrogen-bond acceptors (Lipinski definition) is 5. The Morgan fingerprint density at radius 1 is 1.09 bits per heavy atom. The third-order valence-electron chi connectivity index (χ3n) is 8.44. The topological polar surface area (TPSA) is 99.5 Å². The molecule has 0 aliphatic heterocycles. The van der Waals surface area contributed by atoms with Gasteiger partial charge >= 0.3 is 0 Å². The largest absolute Gasteiger partial charge is 0.389 e. The van der Waals surface area contributed by atoms with E-state index in [0.717, 1.165) is 53.8 Å². The number of fused-ring (bicyclic) bond motifs is 1. The van der Waals surface area contributed by atoms with Gasteiger partial charge in [-0.05, 0) is 74.8 Å². The van der Waals surface area contributed by atoms with Crippen LogP contribution in [0.4, 0.5) is 5.69 Å². The molecule has 44 heavy (non-hydrogen) atoms. The number of amides is 2. The number of carbonyl (C=O) groups excluding carboxylic acids is 2. The number of nitrogens with one attached hydrogen (secondary N) is 2. The fourth-order valence-electron chi connectivity index (χ4n) is 5.81. The molecule has 4 rings (SSSR count). The molecule has 1 fully saturated rings. The highest BCUT2D eigenvalue weighted by molar-refractivity contribution is 6.36. The van der Waals surface area contributed by atoms with E-state index in [1.54, 1.807) is 19.9 Å². The number of carbonyl (C=O) groups is 2. The van der Waals surface area contributed by atoms with Crippen molar-refractivity contribution in [1.29, 1.82) is 0 Å². The van der Waals surface area contributed by atoms with Crippen molar-refractivity contribution < 1.29 is 14.7 Å². The quantitative estimate of drug-likeness (QED) is 0.242. The van der Waals surface area contributed by atoms with Crippen LogP contribution in [0.2, 0.25) is 10.0 Å². The summed E-state index contributed by atoms with van der Waals surface area (Å²) in [6.07, 6.45) is 4.51. The molecule has 0 radical (unpaired) electrons. The van der Waals surface area contributed by atoms with E-state index in [2.05, 4.69) is 17.6 Å². The van der Waals surface area contributed by atoms with E-state index in [9.17, 15) is 14.7 Å². The van der Waals surface area contributed by atoms with Crippen LogP contribution in [0.15, 0.2) is 24.3 Å². The van der Waals surface area contributed by atoms with Gasteiger partial charge in [0.15, 0.2) is 0 Å². The van der Waals surface area contributed by atoms with Crippen LogP contribution >= 0.6 is 23.2 Å². The summed E-state index contributed by atoms with van der Waals surface area (Å²) in [4.78, 5) is 33.0. The van der Waals surface area contributed by atoms with Gasteiger partial charge in [0.25, 0.3) is 5.91 Å². The molecule has 0 bridgehead atoms. The number of benzene rings is 2. The van der Waals surface area contributed by atoms with E-state index < -0.39 is 11.0 Å². The molecule has 1 aromatic heterocycles. The Morgan fingerprint density at radius 3 is 2.36 bits per heavy atom. The Bertz CT molecular complexity index is 1530. The zero-order valence-electron chi connectivity index (χ0n) is 27.3. The molecule has 0 atom stereocenters. The fourth-order valence-corrected chi connectivity index (χ4v) is 6.38. The molecule has 1 saturated carbocycles. The van der Waals surface area contributed by atoms with E-state index in [1.165, 1.54) is 0 Å². The summed E-state index contributed by atoms with van der Waals surface area (Å²) < 4.78 is 1.99. The van der Waals surface area contributed by atoms with E-state index in [4.69, 9.17) is 28.2 Å². The van der Waals surface area contributed by atoms with Gasteiger partial charge in [-0.25, -0.2) is 4.98 Å². The summed E-state index contributed by atoms with van der Waals surface area (Å²) in [5, 5.41) is 17.8. The molecule has 0 spiro atoms. The lowest BCUT2D eigenvalue weighted by Gasteiger charge is -2.30. The average Bonchev–Trinajstić information content (AvgIpc) is 3.23. The predicted octanol–water partition coefficient (Wildman–Crippen LogP) is 6.65. The fraction of sp³-hybridized carbons (Fsp3) is 0.559. The zero-order chi connectivity index (χ0) is 32.6. The lowest BCUT2D eigenvalue weighted by atomic mass is 9.87. The van der Waals surface area contributed by atoms with Crippen LogP contribution in [-0.4, -0.2) is 51.7 Å². The molecule has 2 aromatic carbocycles. The van der Waals surface area contributed by atoms with Crippen LogP contribution in [0.1, 0.15) is 94.5 Å². The Balaban J connectivity index is 1.69. The zero-order valence-corrected chi connectivity index (χ0v) is 28.8. The second-order valence-corrected chi connectivity index (χ2v) is 14.9. The molecule has 8 nitrogen and oxygen atoms in total. The summed E-state index contributed by atoms with van der Waals surface area (Å²) in [7, 11) is 3.82. The van der Waals surface area contributed by atoms with Crippen molar-refractivity contribution in [2.24, 2.45) is 18.4 Å².